The average molecular weight is 378 g/mol. The van der Waals surface area contributed by atoms with Crippen LogP contribution in [0.5, 0.6) is 0 Å². The Bertz CT molecular complexity index is 1060. The number of benzene rings is 3. The van der Waals surface area contributed by atoms with Crippen LogP contribution in [0.15, 0.2) is 78.2 Å². The molecule has 0 atom stereocenters. The Labute approximate surface area is 160 Å². The Kier molecular flexibility index (Phi) is 4.94. The first-order chi connectivity index (χ1) is 13.2. The van der Waals surface area contributed by atoms with Gasteiger partial charge in [0.05, 0.1) is 5.69 Å². The highest BCUT2D eigenvalue weighted by Crippen LogP contribution is 2.28. The van der Waals surface area contributed by atoms with Crippen molar-refractivity contribution < 1.29 is 8.78 Å². The first kappa shape index (κ1) is 17.4. The smallest absolute Gasteiger partial charge is 0.187 e. The van der Waals surface area contributed by atoms with Crippen molar-refractivity contribution in [1.29, 1.82) is 0 Å². The van der Waals surface area contributed by atoms with Crippen LogP contribution in [0.3, 0.4) is 0 Å². The van der Waals surface area contributed by atoms with Crippen LogP contribution in [0.1, 0.15) is 11.1 Å². The molecule has 1 N–H and O–H groups in total. The molecule has 1 heterocycles. The van der Waals surface area contributed by atoms with Gasteiger partial charge in [0.25, 0.3) is 0 Å². The first-order valence-corrected chi connectivity index (χ1v) is 9.36. The minimum Gasteiger partial charge on any atom is -0.332 e. The second-order valence-corrected chi connectivity index (χ2v) is 7.01. The van der Waals surface area contributed by atoms with Crippen LogP contribution >= 0.6 is 11.3 Å². The van der Waals surface area contributed by atoms with Gasteiger partial charge in [-0.25, -0.2) is 13.8 Å². The van der Waals surface area contributed by atoms with E-state index in [1.165, 1.54) is 28.5 Å². The second-order valence-electron chi connectivity index (χ2n) is 6.15. The maximum absolute atomic E-state index is 13.4. The number of halogens is 2. The molecule has 27 heavy (non-hydrogen) atoms. The van der Waals surface area contributed by atoms with E-state index >= 15 is 0 Å². The average Bonchev–Trinajstić information content (AvgIpc) is 3.13. The van der Waals surface area contributed by atoms with E-state index in [0.29, 0.717) is 16.4 Å². The summed E-state index contributed by atoms with van der Waals surface area (Å²) in [7, 11) is 0. The summed E-state index contributed by atoms with van der Waals surface area (Å²) in [5.74, 6) is -1.73. The van der Waals surface area contributed by atoms with Crippen molar-refractivity contribution in [3.63, 3.8) is 0 Å². The molecule has 5 heteroatoms. The summed E-state index contributed by atoms with van der Waals surface area (Å²) in [5.41, 5.74) is 4.56. The van der Waals surface area contributed by atoms with Gasteiger partial charge in [0.2, 0.25) is 0 Å². The molecule has 0 saturated carbocycles. The predicted molar refractivity (Wildman–Crippen MR) is 106 cm³/mol. The number of nitrogens with zero attached hydrogens (tertiary/aromatic N) is 1. The van der Waals surface area contributed by atoms with E-state index in [4.69, 9.17) is 0 Å². The zero-order valence-corrected chi connectivity index (χ0v) is 15.1. The molecule has 4 aromatic rings. The topological polar surface area (TPSA) is 24.9 Å². The third-order valence-electron chi connectivity index (χ3n) is 4.15. The van der Waals surface area contributed by atoms with Crippen LogP contribution in [0.25, 0.3) is 11.3 Å². The van der Waals surface area contributed by atoms with Gasteiger partial charge in [-0.15, -0.1) is 11.3 Å². The van der Waals surface area contributed by atoms with Gasteiger partial charge < -0.3 is 5.32 Å². The lowest BCUT2D eigenvalue weighted by Crippen LogP contribution is -1.93. The van der Waals surface area contributed by atoms with E-state index in [1.54, 1.807) is 0 Å². The van der Waals surface area contributed by atoms with Gasteiger partial charge in [-0.05, 0) is 47.9 Å². The summed E-state index contributed by atoms with van der Waals surface area (Å²) in [6.07, 6.45) is 0.855. The second kappa shape index (κ2) is 7.68. The lowest BCUT2D eigenvalue weighted by Gasteiger charge is -2.06. The Balaban J connectivity index is 1.50. The first-order valence-electron chi connectivity index (χ1n) is 8.48. The maximum Gasteiger partial charge on any atom is 0.187 e. The summed E-state index contributed by atoms with van der Waals surface area (Å²) in [5, 5.41) is 5.81. The van der Waals surface area contributed by atoms with E-state index in [-0.39, 0.29) is 0 Å². The number of anilines is 2. The third-order valence-corrected chi connectivity index (χ3v) is 4.91. The molecule has 0 spiro atoms. The molecule has 2 nitrogen and oxygen atoms in total. The van der Waals surface area contributed by atoms with Crippen LogP contribution in [-0.4, -0.2) is 4.98 Å². The number of hydrogen-bond acceptors (Lipinski definition) is 3. The normalized spacial score (nSPS) is 10.7. The predicted octanol–water partition coefficient (Wildman–Crippen LogP) is 6.42. The molecule has 0 amide bonds. The van der Waals surface area contributed by atoms with E-state index in [9.17, 15) is 8.78 Å². The highest BCUT2D eigenvalue weighted by molar-refractivity contribution is 7.14. The number of aromatic nitrogens is 1. The SMILES string of the molecule is Fc1ccc(-c2csc(Nc3cccc(Cc4ccccc4)c3)n2)cc1F. The highest BCUT2D eigenvalue weighted by Gasteiger charge is 2.09. The van der Waals surface area contributed by atoms with Gasteiger partial charge >= 0.3 is 0 Å². The van der Waals surface area contributed by atoms with Crippen LogP contribution in [-0.2, 0) is 6.42 Å². The Morgan fingerprint density at radius 1 is 0.815 bits per heavy atom. The van der Waals surface area contributed by atoms with Crippen LogP contribution in [0.4, 0.5) is 19.6 Å². The highest BCUT2D eigenvalue weighted by atomic mass is 32.1. The van der Waals surface area contributed by atoms with Crippen molar-refractivity contribution in [3.8, 4) is 11.3 Å². The van der Waals surface area contributed by atoms with Crippen molar-refractivity contribution in [1.82, 2.24) is 4.98 Å². The quantitative estimate of drug-likeness (QED) is 0.433. The van der Waals surface area contributed by atoms with Crippen molar-refractivity contribution >= 4 is 22.2 Å². The molecule has 0 aliphatic heterocycles. The molecule has 0 aliphatic carbocycles. The van der Waals surface area contributed by atoms with Gasteiger partial charge in [0.15, 0.2) is 16.8 Å². The lowest BCUT2D eigenvalue weighted by atomic mass is 10.0. The molecule has 0 bridgehead atoms. The van der Waals surface area contributed by atoms with Crippen molar-refractivity contribution in [2.24, 2.45) is 0 Å². The number of nitrogens with one attached hydrogen (secondary N) is 1. The van der Waals surface area contributed by atoms with Gasteiger partial charge in [-0.1, -0.05) is 42.5 Å². The van der Waals surface area contributed by atoms with Crippen molar-refractivity contribution in [2.75, 3.05) is 5.32 Å². The third kappa shape index (κ3) is 4.20. The lowest BCUT2D eigenvalue weighted by molar-refractivity contribution is 0.509. The minimum atomic E-state index is -0.872. The van der Waals surface area contributed by atoms with Gasteiger partial charge in [-0.2, -0.15) is 0 Å². The molecule has 1 aromatic heterocycles. The Morgan fingerprint density at radius 2 is 1.63 bits per heavy atom. The van der Waals surface area contributed by atoms with Crippen LogP contribution in [0, 0.1) is 11.6 Å². The van der Waals surface area contributed by atoms with Crippen LogP contribution < -0.4 is 5.32 Å². The summed E-state index contributed by atoms with van der Waals surface area (Å²) in [6, 6.07) is 22.3. The number of hydrogen-bond donors (Lipinski definition) is 1. The monoisotopic (exact) mass is 378 g/mol. The fraction of sp³-hybridized carbons (Fsp3) is 0.0455. The molecule has 4 rings (SSSR count). The minimum absolute atomic E-state index is 0.552. The van der Waals surface area contributed by atoms with Crippen molar-refractivity contribution in [2.45, 2.75) is 6.42 Å². The summed E-state index contributed by atoms with van der Waals surface area (Å²) >= 11 is 1.42. The fourth-order valence-electron chi connectivity index (χ4n) is 2.83. The molecule has 134 valence electrons. The number of rotatable bonds is 5. The molecule has 0 fully saturated rings. The molecular formula is C22H16F2N2S. The largest absolute Gasteiger partial charge is 0.332 e. The molecule has 0 aliphatic rings. The van der Waals surface area contributed by atoms with E-state index in [2.05, 4.69) is 34.6 Å². The van der Waals surface area contributed by atoms with Gasteiger partial charge in [0, 0.05) is 16.6 Å². The number of thiazole rings is 1. The van der Waals surface area contributed by atoms with Gasteiger partial charge in [0.1, 0.15) is 0 Å². The molecule has 3 aromatic carbocycles. The fourth-order valence-corrected chi connectivity index (χ4v) is 3.57. The molecular weight excluding hydrogens is 362 g/mol. The Morgan fingerprint density at radius 3 is 2.44 bits per heavy atom. The van der Waals surface area contributed by atoms with Crippen LogP contribution in [0.2, 0.25) is 0 Å². The summed E-state index contributed by atoms with van der Waals surface area (Å²) in [4.78, 5) is 4.48. The Hall–Kier alpha value is -3.05. The zero-order chi connectivity index (χ0) is 18.6. The zero-order valence-electron chi connectivity index (χ0n) is 14.3. The van der Waals surface area contributed by atoms with Crippen molar-refractivity contribution in [3.05, 3.63) is 101 Å². The molecule has 0 radical (unpaired) electrons. The van der Waals surface area contributed by atoms with E-state index in [0.717, 1.165) is 24.2 Å². The van der Waals surface area contributed by atoms with E-state index in [1.807, 2.05) is 35.7 Å². The van der Waals surface area contributed by atoms with E-state index < -0.39 is 11.6 Å². The molecule has 0 saturated heterocycles. The summed E-state index contributed by atoms with van der Waals surface area (Å²) < 4.78 is 26.5. The van der Waals surface area contributed by atoms with Gasteiger partial charge in [-0.3, -0.25) is 0 Å². The molecule has 0 unspecified atom stereocenters. The maximum atomic E-state index is 13.4. The summed E-state index contributed by atoms with van der Waals surface area (Å²) in [6.45, 7) is 0. The standard InChI is InChI=1S/C22H16F2N2S/c23-19-10-9-17(13-20(19)24)21-14-27-22(26-21)25-18-8-4-7-16(12-18)11-15-5-2-1-3-6-15/h1-10,12-14H,11H2,(H,25,26).